The molecule has 0 bridgehead atoms. The van der Waals surface area contributed by atoms with Gasteiger partial charge in [0.05, 0.1) is 6.42 Å². The van der Waals surface area contributed by atoms with E-state index in [-0.39, 0.29) is 6.61 Å². The largest absolute Gasteiger partial charge is 0.396 e. The van der Waals surface area contributed by atoms with Crippen molar-refractivity contribution < 1.29 is 9.67 Å². The Kier molecular flexibility index (Phi) is 3.15. The van der Waals surface area contributed by atoms with E-state index in [0.29, 0.717) is 0 Å². The van der Waals surface area contributed by atoms with Gasteiger partial charge in [0.25, 0.3) is 5.82 Å². The molecule has 0 amide bonds. The SMILES string of the molecule is OCCCc1[nH]cc[n+]1-c1ccccc1. The van der Waals surface area contributed by atoms with Crippen LogP contribution in [0.5, 0.6) is 0 Å². The predicted molar refractivity (Wildman–Crippen MR) is 57.7 cm³/mol. The van der Waals surface area contributed by atoms with Crippen LogP contribution in [-0.4, -0.2) is 16.7 Å². The highest BCUT2D eigenvalue weighted by atomic mass is 16.2. The maximum atomic E-state index is 8.80. The van der Waals surface area contributed by atoms with E-state index >= 15 is 0 Å². The minimum Gasteiger partial charge on any atom is -0.396 e. The molecule has 1 aromatic carbocycles. The van der Waals surface area contributed by atoms with Crippen LogP contribution in [-0.2, 0) is 6.42 Å². The van der Waals surface area contributed by atoms with Crippen LogP contribution >= 0.6 is 0 Å². The van der Waals surface area contributed by atoms with Crippen LogP contribution < -0.4 is 4.57 Å². The molecular weight excluding hydrogens is 188 g/mol. The third-order valence-electron chi connectivity index (χ3n) is 2.37. The Morgan fingerprint density at radius 3 is 2.73 bits per heavy atom. The van der Waals surface area contributed by atoms with E-state index in [4.69, 9.17) is 5.11 Å². The fourth-order valence-corrected chi connectivity index (χ4v) is 1.64. The summed E-state index contributed by atoms with van der Waals surface area (Å²) < 4.78 is 2.11. The Balaban J connectivity index is 2.25. The molecule has 78 valence electrons. The van der Waals surface area contributed by atoms with Gasteiger partial charge >= 0.3 is 0 Å². The summed E-state index contributed by atoms with van der Waals surface area (Å²) in [6.45, 7) is 0.230. The summed E-state index contributed by atoms with van der Waals surface area (Å²) in [5, 5.41) is 8.80. The number of aromatic nitrogens is 2. The molecule has 2 N–H and O–H groups in total. The lowest BCUT2D eigenvalue weighted by atomic mass is 10.3. The molecule has 2 aromatic rings. The van der Waals surface area contributed by atoms with Crippen LogP contribution in [0, 0.1) is 0 Å². The highest BCUT2D eigenvalue weighted by Gasteiger charge is 2.11. The molecule has 15 heavy (non-hydrogen) atoms. The third kappa shape index (κ3) is 2.25. The number of aliphatic hydroxyl groups is 1. The lowest BCUT2D eigenvalue weighted by molar-refractivity contribution is -0.603. The van der Waals surface area contributed by atoms with E-state index in [0.717, 1.165) is 24.4 Å². The molecule has 2 rings (SSSR count). The van der Waals surface area contributed by atoms with E-state index < -0.39 is 0 Å². The highest BCUT2D eigenvalue weighted by molar-refractivity contribution is 5.21. The molecule has 3 heteroatoms. The molecule has 1 heterocycles. The van der Waals surface area contributed by atoms with Crippen molar-refractivity contribution >= 4 is 0 Å². The average Bonchev–Trinajstić information content (AvgIpc) is 2.75. The van der Waals surface area contributed by atoms with Crippen LogP contribution in [0.25, 0.3) is 5.69 Å². The maximum Gasteiger partial charge on any atom is 0.259 e. The summed E-state index contributed by atoms with van der Waals surface area (Å²) >= 11 is 0. The molecule has 0 radical (unpaired) electrons. The normalized spacial score (nSPS) is 10.5. The number of H-pyrrole nitrogens is 1. The fraction of sp³-hybridized carbons (Fsp3) is 0.250. The first kappa shape index (κ1) is 9.93. The van der Waals surface area contributed by atoms with Gasteiger partial charge in [0, 0.05) is 6.61 Å². The predicted octanol–water partition coefficient (Wildman–Crippen LogP) is 1.22. The first-order valence-electron chi connectivity index (χ1n) is 5.16. The maximum absolute atomic E-state index is 8.80. The monoisotopic (exact) mass is 203 g/mol. The quantitative estimate of drug-likeness (QED) is 0.720. The number of imidazole rings is 1. The van der Waals surface area contributed by atoms with E-state index in [1.54, 1.807) is 0 Å². The number of aliphatic hydroxyl groups excluding tert-OH is 1. The summed E-state index contributed by atoms with van der Waals surface area (Å²) in [6, 6.07) is 10.2. The van der Waals surface area contributed by atoms with Gasteiger partial charge in [0.15, 0.2) is 0 Å². The molecule has 0 saturated heterocycles. The smallest absolute Gasteiger partial charge is 0.259 e. The number of rotatable bonds is 4. The molecule has 0 aliphatic carbocycles. The van der Waals surface area contributed by atoms with Crippen molar-refractivity contribution in [3.8, 4) is 5.69 Å². The minimum atomic E-state index is 0.230. The van der Waals surface area contributed by atoms with Crippen molar-refractivity contribution in [3.63, 3.8) is 0 Å². The summed E-state index contributed by atoms with van der Waals surface area (Å²) in [4.78, 5) is 3.19. The molecule has 0 saturated carbocycles. The Bertz CT molecular complexity index is 409. The third-order valence-corrected chi connectivity index (χ3v) is 2.37. The van der Waals surface area contributed by atoms with Crippen molar-refractivity contribution in [2.24, 2.45) is 0 Å². The standard InChI is InChI=1S/C12H14N2O/c15-10-4-7-12-13-8-9-14(12)11-5-2-1-3-6-11/h1-3,5-6,8-9,15H,4,7,10H2/p+1. The molecule has 0 atom stereocenters. The van der Waals surface area contributed by atoms with Crippen LogP contribution in [0.3, 0.4) is 0 Å². The topological polar surface area (TPSA) is 39.9 Å². The van der Waals surface area contributed by atoms with E-state index in [2.05, 4.69) is 21.7 Å². The Morgan fingerprint density at radius 1 is 1.20 bits per heavy atom. The number of para-hydroxylation sites is 1. The number of hydrogen-bond acceptors (Lipinski definition) is 1. The van der Waals surface area contributed by atoms with Gasteiger partial charge in [0.1, 0.15) is 18.1 Å². The summed E-state index contributed by atoms with van der Waals surface area (Å²) in [5.74, 6) is 1.12. The molecule has 0 aliphatic rings. The lowest BCUT2D eigenvalue weighted by Gasteiger charge is -1.99. The van der Waals surface area contributed by atoms with Gasteiger partial charge in [-0.3, -0.25) is 0 Å². The lowest BCUT2D eigenvalue weighted by Crippen LogP contribution is -2.33. The summed E-state index contributed by atoms with van der Waals surface area (Å²) in [6.07, 6.45) is 5.56. The summed E-state index contributed by atoms with van der Waals surface area (Å²) in [7, 11) is 0. The molecule has 1 aromatic heterocycles. The fourth-order valence-electron chi connectivity index (χ4n) is 1.64. The summed E-state index contributed by atoms with van der Waals surface area (Å²) in [5.41, 5.74) is 1.15. The average molecular weight is 203 g/mol. The van der Waals surface area contributed by atoms with Crippen molar-refractivity contribution in [3.05, 3.63) is 48.5 Å². The van der Waals surface area contributed by atoms with Gasteiger partial charge < -0.3 is 5.11 Å². The van der Waals surface area contributed by atoms with Crippen molar-refractivity contribution in [2.75, 3.05) is 6.61 Å². The number of nitrogens with one attached hydrogen (secondary N) is 1. The second-order valence-corrected chi connectivity index (χ2v) is 3.44. The number of hydrogen-bond donors (Lipinski definition) is 2. The van der Waals surface area contributed by atoms with Gasteiger partial charge in [-0.15, -0.1) is 0 Å². The molecule has 0 aliphatic heterocycles. The van der Waals surface area contributed by atoms with E-state index in [1.807, 2.05) is 30.6 Å². The Hall–Kier alpha value is -1.61. The van der Waals surface area contributed by atoms with Gasteiger partial charge in [-0.05, 0) is 18.6 Å². The van der Waals surface area contributed by atoms with Crippen LogP contribution in [0.2, 0.25) is 0 Å². The number of aryl methyl sites for hydroxylation is 1. The first-order valence-corrected chi connectivity index (χ1v) is 5.16. The highest BCUT2D eigenvalue weighted by Crippen LogP contribution is 2.01. The van der Waals surface area contributed by atoms with E-state index in [1.165, 1.54) is 0 Å². The Labute approximate surface area is 89.0 Å². The van der Waals surface area contributed by atoms with Gasteiger partial charge in [-0.2, -0.15) is 4.57 Å². The van der Waals surface area contributed by atoms with Crippen molar-refractivity contribution in [1.29, 1.82) is 0 Å². The zero-order valence-corrected chi connectivity index (χ0v) is 8.56. The minimum absolute atomic E-state index is 0.230. The van der Waals surface area contributed by atoms with Crippen LogP contribution in [0.15, 0.2) is 42.7 Å². The van der Waals surface area contributed by atoms with Crippen molar-refractivity contribution in [2.45, 2.75) is 12.8 Å². The second-order valence-electron chi connectivity index (χ2n) is 3.44. The number of aromatic amines is 1. The molecule has 0 unspecified atom stereocenters. The van der Waals surface area contributed by atoms with Gasteiger partial charge in [-0.1, -0.05) is 18.2 Å². The number of benzene rings is 1. The molecule has 3 nitrogen and oxygen atoms in total. The van der Waals surface area contributed by atoms with Crippen LogP contribution in [0.1, 0.15) is 12.2 Å². The molecule has 0 fully saturated rings. The first-order chi connectivity index (χ1) is 7.42. The van der Waals surface area contributed by atoms with Crippen LogP contribution in [0.4, 0.5) is 0 Å². The van der Waals surface area contributed by atoms with Gasteiger partial charge in [0.2, 0.25) is 0 Å². The molecular formula is C12H15N2O+. The zero-order chi connectivity index (χ0) is 10.5. The number of nitrogens with zero attached hydrogens (tertiary/aromatic N) is 1. The second kappa shape index (κ2) is 4.75. The van der Waals surface area contributed by atoms with E-state index in [9.17, 15) is 0 Å². The van der Waals surface area contributed by atoms with Gasteiger partial charge in [-0.25, -0.2) is 4.98 Å². The molecule has 0 spiro atoms. The zero-order valence-electron chi connectivity index (χ0n) is 8.56. The van der Waals surface area contributed by atoms with Crippen molar-refractivity contribution in [1.82, 2.24) is 4.98 Å². The Morgan fingerprint density at radius 2 is 2.00 bits per heavy atom.